The van der Waals surface area contributed by atoms with E-state index in [0.29, 0.717) is 5.56 Å². The van der Waals surface area contributed by atoms with Crippen LogP contribution in [0.25, 0.3) is 21.9 Å². The number of fused-ring (bicyclic) bond motifs is 1. The van der Waals surface area contributed by atoms with Crippen LogP contribution in [0, 0.1) is 0 Å². The molecule has 0 saturated carbocycles. The van der Waals surface area contributed by atoms with Crippen molar-refractivity contribution in [3.8, 4) is 11.1 Å². The fourth-order valence-electron chi connectivity index (χ4n) is 2.89. The lowest BCUT2D eigenvalue weighted by molar-refractivity contribution is -0.681. The molecule has 3 heteroatoms. The molecule has 0 aliphatic rings. The molecule has 25 heavy (non-hydrogen) atoms. The van der Waals surface area contributed by atoms with E-state index in [2.05, 4.69) is 35.4 Å². The summed E-state index contributed by atoms with van der Waals surface area (Å²) in [5, 5.41) is 18.7. The Morgan fingerprint density at radius 3 is 2.20 bits per heavy atom. The first-order chi connectivity index (χ1) is 12.3. The second-order valence-corrected chi connectivity index (χ2v) is 5.76. The van der Waals surface area contributed by atoms with Crippen LogP contribution in [-0.2, 0) is 0 Å². The van der Waals surface area contributed by atoms with Crippen molar-refractivity contribution < 1.29 is 9.78 Å². The molecule has 0 fully saturated rings. The molecule has 4 rings (SSSR count). The molecule has 1 heterocycles. The zero-order valence-electron chi connectivity index (χ0n) is 13.5. The van der Waals surface area contributed by atoms with Gasteiger partial charge in [-0.15, -0.1) is 0 Å². The van der Waals surface area contributed by atoms with E-state index in [4.69, 9.17) is 0 Å². The summed E-state index contributed by atoms with van der Waals surface area (Å²) in [6.45, 7) is 0. The Hall–Kier alpha value is -3.46. The van der Waals surface area contributed by atoms with Gasteiger partial charge in [-0.2, -0.15) is 0 Å². The molecule has 0 amide bonds. The summed E-state index contributed by atoms with van der Waals surface area (Å²) < 4.78 is 1.55. The van der Waals surface area contributed by atoms with Crippen LogP contribution in [0.5, 0.6) is 0 Å². The summed E-state index contributed by atoms with van der Waals surface area (Å²) in [7, 11) is 0. The summed E-state index contributed by atoms with van der Waals surface area (Å²) >= 11 is 0. The number of rotatable bonds is 3. The van der Waals surface area contributed by atoms with E-state index in [0.717, 1.165) is 5.56 Å². The van der Waals surface area contributed by atoms with E-state index >= 15 is 0 Å². The Morgan fingerprint density at radius 2 is 1.40 bits per heavy atom. The van der Waals surface area contributed by atoms with Crippen molar-refractivity contribution in [2.75, 3.05) is 0 Å². The zero-order valence-corrected chi connectivity index (χ0v) is 13.5. The van der Waals surface area contributed by atoms with Crippen LogP contribution in [0.15, 0.2) is 102 Å². The minimum absolute atomic E-state index is 0.261. The van der Waals surface area contributed by atoms with Gasteiger partial charge in [-0.3, -0.25) is 0 Å². The first-order valence-corrected chi connectivity index (χ1v) is 8.12. The number of benzene rings is 3. The van der Waals surface area contributed by atoms with Gasteiger partial charge in [0.1, 0.15) is 0 Å². The van der Waals surface area contributed by atoms with Gasteiger partial charge in [-0.1, -0.05) is 77.5 Å². The third kappa shape index (κ3) is 3.12. The van der Waals surface area contributed by atoms with Crippen molar-refractivity contribution in [2.24, 2.45) is 5.10 Å². The van der Waals surface area contributed by atoms with Gasteiger partial charge in [0.2, 0.25) is 12.4 Å². The van der Waals surface area contributed by atoms with Gasteiger partial charge in [-0.05, 0) is 32.6 Å². The number of hydrogen-bond acceptors (Lipinski definition) is 2. The maximum atomic E-state index is 12.2. The number of hydrogen-bond donors (Lipinski definition) is 0. The van der Waals surface area contributed by atoms with Crippen LogP contribution in [0.2, 0.25) is 0 Å². The maximum Gasteiger partial charge on any atom is 0.202 e. The van der Waals surface area contributed by atoms with Gasteiger partial charge < -0.3 is 5.11 Å². The van der Waals surface area contributed by atoms with Crippen LogP contribution in [-0.4, -0.2) is 5.90 Å². The minimum Gasteiger partial charge on any atom is -0.854 e. The van der Waals surface area contributed by atoms with Crippen molar-refractivity contribution in [1.82, 2.24) is 0 Å². The predicted octanol–water partition coefficient (Wildman–Crippen LogP) is 3.36. The largest absolute Gasteiger partial charge is 0.854 e. The number of aromatic nitrogens is 1. The predicted molar refractivity (Wildman–Crippen MR) is 98.0 cm³/mol. The molecule has 120 valence electrons. The summed E-state index contributed by atoms with van der Waals surface area (Å²) in [5.41, 5.74) is 2.84. The smallest absolute Gasteiger partial charge is 0.202 e. The number of nitrogens with zero attached hydrogens (tertiary/aromatic N) is 2. The third-order valence-electron chi connectivity index (χ3n) is 4.14. The van der Waals surface area contributed by atoms with Crippen molar-refractivity contribution >= 4 is 16.7 Å². The fraction of sp³-hybridized carbons (Fsp3) is 0. The van der Waals surface area contributed by atoms with E-state index in [1.165, 1.54) is 16.3 Å². The normalized spacial score (nSPS) is 11.6. The highest BCUT2D eigenvalue weighted by molar-refractivity contribution is 5.96. The molecule has 0 radical (unpaired) electrons. The van der Waals surface area contributed by atoms with Gasteiger partial charge in [-0.25, -0.2) is 0 Å². The van der Waals surface area contributed by atoms with Crippen molar-refractivity contribution in [3.63, 3.8) is 0 Å². The summed E-state index contributed by atoms with van der Waals surface area (Å²) in [6, 6.07) is 27.6. The molecule has 0 spiro atoms. The number of pyridine rings is 1. The van der Waals surface area contributed by atoms with Crippen LogP contribution in [0.4, 0.5) is 0 Å². The van der Waals surface area contributed by atoms with Crippen LogP contribution >= 0.6 is 0 Å². The summed E-state index contributed by atoms with van der Waals surface area (Å²) in [5.74, 6) is -0.261. The van der Waals surface area contributed by atoms with E-state index in [-0.39, 0.29) is 5.90 Å². The topological polar surface area (TPSA) is 39.3 Å². The molecule has 1 aromatic heterocycles. The van der Waals surface area contributed by atoms with Crippen LogP contribution in [0.1, 0.15) is 5.56 Å². The molecular formula is C22H16N2O. The lowest BCUT2D eigenvalue weighted by Crippen LogP contribution is -2.33. The van der Waals surface area contributed by atoms with Crippen molar-refractivity contribution in [2.45, 2.75) is 0 Å². The molecule has 0 saturated heterocycles. The first kappa shape index (κ1) is 15.1. The monoisotopic (exact) mass is 324 g/mol. The van der Waals surface area contributed by atoms with Gasteiger partial charge in [0.05, 0.1) is 5.90 Å². The first-order valence-electron chi connectivity index (χ1n) is 8.12. The molecule has 0 aliphatic carbocycles. The highest BCUT2D eigenvalue weighted by Gasteiger charge is 2.06. The van der Waals surface area contributed by atoms with E-state index < -0.39 is 0 Å². The summed E-state index contributed by atoms with van der Waals surface area (Å²) in [4.78, 5) is 0. The van der Waals surface area contributed by atoms with Gasteiger partial charge in [0.15, 0.2) is 0 Å². The Bertz CT molecular complexity index is 1030. The third-order valence-corrected chi connectivity index (χ3v) is 4.14. The van der Waals surface area contributed by atoms with Gasteiger partial charge in [0.25, 0.3) is 0 Å². The van der Waals surface area contributed by atoms with Crippen molar-refractivity contribution in [3.05, 3.63) is 103 Å². The lowest BCUT2D eigenvalue weighted by Gasteiger charge is -2.07. The van der Waals surface area contributed by atoms with Gasteiger partial charge >= 0.3 is 0 Å². The molecular weight excluding hydrogens is 308 g/mol. The SMILES string of the molecule is [O-]/C(=N\[n+]1ccc(-c2cccc3ccccc23)cc1)c1ccccc1. The Labute approximate surface area is 146 Å². The Balaban J connectivity index is 1.68. The average Bonchev–Trinajstić information content (AvgIpc) is 2.69. The Kier molecular flexibility index (Phi) is 3.97. The highest BCUT2D eigenvalue weighted by atomic mass is 16.3. The standard InChI is InChI=1S/C22H16N2O/c25-22(19-8-2-1-3-9-19)23-24-15-13-18(14-16-24)21-12-6-10-17-7-4-5-11-20(17)21/h1-16H. The summed E-state index contributed by atoms with van der Waals surface area (Å²) in [6.07, 6.45) is 3.61. The van der Waals surface area contributed by atoms with E-state index in [9.17, 15) is 5.11 Å². The second-order valence-electron chi connectivity index (χ2n) is 5.76. The van der Waals surface area contributed by atoms with E-state index in [1.807, 2.05) is 42.5 Å². The molecule has 4 aromatic rings. The average molecular weight is 324 g/mol. The molecule has 0 atom stereocenters. The highest BCUT2D eigenvalue weighted by Crippen LogP contribution is 2.27. The fourth-order valence-corrected chi connectivity index (χ4v) is 2.89. The minimum atomic E-state index is -0.261. The van der Waals surface area contributed by atoms with Gasteiger partial charge in [0, 0.05) is 12.1 Å². The molecule has 3 nitrogen and oxygen atoms in total. The molecule has 0 unspecified atom stereocenters. The van der Waals surface area contributed by atoms with Crippen LogP contribution in [0.3, 0.4) is 0 Å². The zero-order chi connectivity index (χ0) is 17.1. The Morgan fingerprint density at radius 1 is 0.720 bits per heavy atom. The quantitative estimate of drug-likeness (QED) is 0.323. The second kappa shape index (κ2) is 6.57. The van der Waals surface area contributed by atoms with E-state index in [1.54, 1.807) is 29.2 Å². The maximum absolute atomic E-state index is 12.2. The van der Waals surface area contributed by atoms with Crippen molar-refractivity contribution in [1.29, 1.82) is 0 Å². The molecule has 0 N–H and O–H groups in total. The van der Waals surface area contributed by atoms with Crippen LogP contribution < -0.4 is 9.78 Å². The molecule has 0 aliphatic heterocycles. The molecule has 3 aromatic carbocycles. The molecule has 0 bridgehead atoms. The lowest BCUT2D eigenvalue weighted by atomic mass is 9.99.